The van der Waals surface area contributed by atoms with Gasteiger partial charge in [0.15, 0.2) is 11.5 Å². The highest BCUT2D eigenvalue weighted by atomic mass is 79.9. The maximum Gasteiger partial charge on any atom is 0.175 e. The molecule has 0 bridgehead atoms. The molecule has 19 heavy (non-hydrogen) atoms. The fourth-order valence-corrected chi connectivity index (χ4v) is 2.28. The van der Waals surface area contributed by atoms with E-state index in [9.17, 15) is 0 Å². The second kappa shape index (κ2) is 7.56. The molecule has 1 rings (SSSR count). The summed E-state index contributed by atoms with van der Waals surface area (Å²) in [5.41, 5.74) is 8.09. The predicted octanol–water partition coefficient (Wildman–Crippen LogP) is 3.69. The Morgan fingerprint density at radius 2 is 2.16 bits per heavy atom. The molecule has 0 aromatic heterocycles. The molecule has 0 heterocycles. The molecule has 0 radical (unpaired) electrons. The topological polar surface area (TPSA) is 44.5 Å². The third kappa shape index (κ3) is 4.88. The van der Waals surface area contributed by atoms with Gasteiger partial charge in [-0.15, -0.1) is 0 Å². The lowest BCUT2D eigenvalue weighted by atomic mass is 10.0. The first-order chi connectivity index (χ1) is 8.97. The van der Waals surface area contributed by atoms with Crippen LogP contribution >= 0.6 is 15.9 Å². The first kappa shape index (κ1) is 16.1. The lowest BCUT2D eigenvalue weighted by Gasteiger charge is -2.16. The summed E-state index contributed by atoms with van der Waals surface area (Å²) in [5, 5.41) is 0. The minimum absolute atomic E-state index is 0.166. The van der Waals surface area contributed by atoms with Crippen molar-refractivity contribution in [1.29, 1.82) is 0 Å². The molecule has 2 N–H and O–H groups in total. The third-order valence-electron chi connectivity index (χ3n) is 2.77. The van der Waals surface area contributed by atoms with Gasteiger partial charge in [-0.05, 0) is 59.0 Å². The van der Waals surface area contributed by atoms with Crippen LogP contribution in [0.5, 0.6) is 11.5 Å². The smallest absolute Gasteiger partial charge is 0.175 e. The van der Waals surface area contributed by atoms with Crippen LogP contribution in [0.2, 0.25) is 0 Å². The average Bonchev–Trinajstić information content (AvgIpc) is 2.36. The van der Waals surface area contributed by atoms with E-state index in [1.807, 2.05) is 19.1 Å². The fraction of sp³-hybridized carbons (Fsp3) is 0.467. The van der Waals surface area contributed by atoms with E-state index in [0.717, 1.165) is 28.5 Å². The largest absolute Gasteiger partial charge is 0.493 e. The van der Waals surface area contributed by atoms with Crippen LogP contribution in [0.4, 0.5) is 0 Å². The number of halogens is 1. The Labute approximate surface area is 123 Å². The van der Waals surface area contributed by atoms with E-state index >= 15 is 0 Å². The van der Waals surface area contributed by atoms with Gasteiger partial charge in [0, 0.05) is 6.04 Å². The highest BCUT2D eigenvalue weighted by Gasteiger charge is 2.13. The zero-order valence-corrected chi connectivity index (χ0v) is 13.4. The molecule has 0 aliphatic carbocycles. The van der Waals surface area contributed by atoms with Gasteiger partial charge in [0.25, 0.3) is 0 Å². The number of hydrogen-bond donors (Lipinski definition) is 1. The molecule has 1 aromatic rings. The summed E-state index contributed by atoms with van der Waals surface area (Å²) in [6, 6.07) is 4.18. The summed E-state index contributed by atoms with van der Waals surface area (Å²) in [6.07, 6.45) is 1.78. The van der Waals surface area contributed by atoms with Gasteiger partial charge in [-0.2, -0.15) is 0 Å². The molecule has 0 saturated carbocycles. The number of ether oxygens (including phenoxy) is 2. The number of rotatable bonds is 7. The van der Waals surface area contributed by atoms with Crippen LogP contribution in [0.3, 0.4) is 0 Å². The number of benzene rings is 1. The van der Waals surface area contributed by atoms with Gasteiger partial charge in [0.2, 0.25) is 0 Å². The number of nitrogens with two attached hydrogens (primary N) is 1. The Hall–Kier alpha value is -1.00. The molecule has 0 aliphatic rings. The van der Waals surface area contributed by atoms with Crippen LogP contribution in [0.25, 0.3) is 0 Å². The van der Waals surface area contributed by atoms with Crippen molar-refractivity contribution >= 4 is 15.9 Å². The third-order valence-corrected chi connectivity index (χ3v) is 3.36. The van der Waals surface area contributed by atoms with Gasteiger partial charge >= 0.3 is 0 Å². The predicted molar refractivity (Wildman–Crippen MR) is 83.0 cm³/mol. The van der Waals surface area contributed by atoms with Crippen LogP contribution in [0.1, 0.15) is 25.8 Å². The summed E-state index contributed by atoms with van der Waals surface area (Å²) in [4.78, 5) is 0. The van der Waals surface area contributed by atoms with Crippen molar-refractivity contribution in [3.05, 3.63) is 34.3 Å². The number of hydrogen-bond acceptors (Lipinski definition) is 3. The second-order valence-electron chi connectivity index (χ2n) is 4.73. The maximum absolute atomic E-state index is 5.98. The van der Waals surface area contributed by atoms with E-state index < -0.39 is 0 Å². The standard InChI is InChI=1S/C15H22BrNO2/c1-5-12(17)6-11-7-13(16)15(14(8-11)18-4)19-9-10(2)3/h7-8,12H,2,5-6,9,17H2,1,3-4H3. The van der Waals surface area contributed by atoms with Crippen LogP contribution < -0.4 is 15.2 Å². The van der Waals surface area contributed by atoms with Gasteiger partial charge < -0.3 is 15.2 Å². The minimum Gasteiger partial charge on any atom is -0.493 e. The highest BCUT2D eigenvalue weighted by molar-refractivity contribution is 9.10. The van der Waals surface area contributed by atoms with Crippen LogP contribution in [-0.2, 0) is 6.42 Å². The second-order valence-corrected chi connectivity index (χ2v) is 5.58. The zero-order valence-electron chi connectivity index (χ0n) is 11.8. The Kier molecular flexibility index (Phi) is 6.38. The monoisotopic (exact) mass is 327 g/mol. The quantitative estimate of drug-likeness (QED) is 0.777. The summed E-state index contributed by atoms with van der Waals surface area (Å²) >= 11 is 3.53. The molecule has 0 aliphatic heterocycles. The van der Waals surface area contributed by atoms with Crippen LogP contribution in [0, 0.1) is 0 Å². The van der Waals surface area contributed by atoms with Crippen LogP contribution in [-0.4, -0.2) is 19.8 Å². The number of methoxy groups -OCH3 is 1. The molecule has 3 nitrogen and oxygen atoms in total. The highest BCUT2D eigenvalue weighted by Crippen LogP contribution is 2.37. The van der Waals surface area contributed by atoms with Crippen molar-refractivity contribution in [3.63, 3.8) is 0 Å². The van der Waals surface area contributed by atoms with E-state index in [2.05, 4.69) is 29.4 Å². The van der Waals surface area contributed by atoms with Crippen molar-refractivity contribution in [3.8, 4) is 11.5 Å². The minimum atomic E-state index is 0.166. The molecule has 1 aromatic carbocycles. The molecule has 1 atom stereocenters. The Morgan fingerprint density at radius 1 is 1.47 bits per heavy atom. The van der Waals surface area contributed by atoms with Crippen molar-refractivity contribution in [2.75, 3.05) is 13.7 Å². The van der Waals surface area contributed by atoms with Gasteiger partial charge in [0.05, 0.1) is 11.6 Å². The Balaban J connectivity index is 2.97. The van der Waals surface area contributed by atoms with E-state index in [-0.39, 0.29) is 6.04 Å². The van der Waals surface area contributed by atoms with Gasteiger partial charge in [0.1, 0.15) is 6.61 Å². The zero-order chi connectivity index (χ0) is 14.4. The molecule has 0 amide bonds. The first-order valence-corrected chi connectivity index (χ1v) is 7.16. The summed E-state index contributed by atoms with van der Waals surface area (Å²) in [6.45, 7) is 8.31. The van der Waals surface area contributed by atoms with Gasteiger partial charge in [-0.1, -0.05) is 13.5 Å². The van der Waals surface area contributed by atoms with Crippen LogP contribution in [0.15, 0.2) is 28.8 Å². The van der Waals surface area contributed by atoms with Crippen molar-refractivity contribution < 1.29 is 9.47 Å². The summed E-state index contributed by atoms with van der Waals surface area (Å²) in [7, 11) is 1.64. The molecule has 106 valence electrons. The van der Waals surface area contributed by atoms with E-state index in [0.29, 0.717) is 18.1 Å². The van der Waals surface area contributed by atoms with E-state index in [1.54, 1.807) is 7.11 Å². The maximum atomic E-state index is 5.98. The Bertz CT molecular complexity index is 446. The van der Waals surface area contributed by atoms with Gasteiger partial charge in [-0.3, -0.25) is 0 Å². The molecule has 0 saturated heterocycles. The lowest BCUT2D eigenvalue weighted by Crippen LogP contribution is -2.21. The van der Waals surface area contributed by atoms with Crippen molar-refractivity contribution in [1.82, 2.24) is 0 Å². The SMILES string of the molecule is C=C(C)COc1c(Br)cc(CC(N)CC)cc1OC. The van der Waals surface area contributed by atoms with Crippen molar-refractivity contribution in [2.45, 2.75) is 32.7 Å². The summed E-state index contributed by atoms with van der Waals surface area (Å²) < 4.78 is 12.0. The molecule has 4 heteroatoms. The Morgan fingerprint density at radius 3 is 2.68 bits per heavy atom. The lowest BCUT2D eigenvalue weighted by molar-refractivity contribution is 0.317. The summed E-state index contributed by atoms with van der Waals surface area (Å²) in [5.74, 6) is 1.42. The molecular formula is C15H22BrNO2. The fourth-order valence-electron chi connectivity index (χ4n) is 1.67. The first-order valence-electron chi connectivity index (χ1n) is 6.37. The normalized spacial score (nSPS) is 12.1. The molecule has 0 spiro atoms. The van der Waals surface area contributed by atoms with Crippen molar-refractivity contribution in [2.24, 2.45) is 5.73 Å². The van der Waals surface area contributed by atoms with Gasteiger partial charge in [-0.25, -0.2) is 0 Å². The van der Waals surface area contributed by atoms with E-state index in [1.165, 1.54) is 0 Å². The molecule has 0 fully saturated rings. The average molecular weight is 328 g/mol. The molecular weight excluding hydrogens is 306 g/mol. The van der Waals surface area contributed by atoms with E-state index in [4.69, 9.17) is 15.2 Å². The molecule has 1 unspecified atom stereocenters.